The van der Waals surface area contributed by atoms with Gasteiger partial charge in [0.1, 0.15) is 17.3 Å². The van der Waals surface area contributed by atoms with Gasteiger partial charge in [-0.15, -0.1) is 0 Å². The van der Waals surface area contributed by atoms with Gasteiger partial charge in [-0.1, -0.05) is 18.2 Å². The number of Topliss-reactive ketones (excluding diaryl/α,β-unsaturated/α-hetero) is 1. The van der Waals surface area contributed by atoms with Crippen LogP contribution in [0, 0.1) is 0 Å². The van der Waals surface area contributed by atoms with Gasteiger partial charge in [0.25, 0.3) is 11.7 Å². The quantitative estimate of drug-likeness (QED) is 0.213. The zero-order valence-electron chi connectivity index (χ0n) is 20.9. The van der Waals surface area contributed by atoms with E-state index in [1.807, 2.05) is 13.8 Å². The monoisotopic (exact) mass is 501 g/mol. The number of methoxy groups -OCH3 is 2. The lowest BCUT2D eigenvalue weighted by atomic mass is 9.95. The summed E-state index contributed by atoms with van der Waals surface area (Å²) in [7, 11) is 2.77. The van der Waals surface area contributed by atoms with E-state index in [0.717, 1.165) is 0 Å². The topological polar surface area (TPSA) is 102 Å². The minimum Gasteiger partial charge on any atom is -0.507 e. The first-order valence-corrected chi connectivity index (χ1v) is 11.7. The molecule has 1 fully saturated rings. The molecule has 1 aliphatic rings. The van der Waals surface area contributed by atoms with E-state index >= 15 is 0 Å². The molecule has 0 aliphatic carbocycles. The molecular weight excluding hydrogens is 474 g/mol. The van der Waals surface area contributed by atoms with Crippen molar-refractivity contribution in [1.29, 1.82) is 0 Å². The number of amides is 1. The Morgan fingerprint density at radius 2 is 1.59 bits per heavy atom. The Labute approximate surface area is 214 Å². The summed E-state index contributed by atoms with van der Waals surface area (Å²) in [5.41, 5.74) is 1.33. The Morgan fingerprint density at radius 1 is 0.892 bits per heavy atom. The first-order valence-electron chi connectivity index (χ1n) is 11.7. The lowest BCUT2D eigenvalue weighted by Gasteiger charge is -2.26. The second kappa shape index (κ2) is 10.6. The fourth-order valence-electron chi connectivity index (χ4n) is 4.25. The zero-order valence-corrected chi connectivity index (χ0v) is 20.9. The third-order valence-electron chi connectivity index (χ3n) is 5.90. The molecule has 0 radical (unpaired) electrons. The van der Waals surface area contributed by atoms with Crippen LogP contribution >= 0.6 is 0 Å². The number of hydrogen-bond donors (Lipinski definition) is 1. The van der Waals surface area contributed by atoms with Gasteiger partial charge in [-0.2, -0.15) is 0 Å². The van der Waals surface area contributed by atoms with Crippen molar-refractivity contribution in [3.05, 3.63) is 95.1 Å². The maximum Gasteiger partial charge on any atom is 0.337 e. The van der Waals surface area contributed by atoms with Gasteiger partial charge in [0.05, 0.1) is 37.5 Å². The van der Waals surface area contributed by atoms with E-state index in [4.69, 9.17) is 14.2 Å². The molecule has 8 heteroatoms. The highest BCUT2D eigenvalue weighted by molar-refractivity contribution is 6.51. The van der Waals surface area contributed by atoms with Crippen molar-refractivity contribution >= 4 is 29.1 Å². The molecule has 1 amide bonds. The number of esters is 1. The molecule has 0 bridgehead atoms. The molecule has 3 aromatic carbocycles. The number of rotatable bonds is 7. The molecule has 8 nitrogen and oxygen atoms in total. The van der Waals surface area contributed by atoms with E-state index < -0.39 is 23.7 Å². The van der Waals surface area contributed by atoms with E-state index in [1.165, 1.54) is 25.2 Å². The minimum atomic E-state index is -0.977. The van der Waals surface area contributed by atoms with Crippen molar-refractivity contribution in [1.82, 2.24) is 0 Å². The number of nitrogens with zero attached hydrogens (tertiary/aromatic N) is 1. The van der Waals surface area contributed by atoms with Crippen LogP contribution in [0.2, 0.25) is 0 Å². The maximum absolute atomic E-state index is 13.4. The minimum absolute atomic E-state index is 0.0291. The lowest BCUT2D eigenvalue weighted by molar-refractivity contribution is -0.132. The molecule has 0 spiro atoms. The molecule has 1 heterocycles. The molecule has 0 aromatic heterocycles. The van der Waals surface area contributed by atoms with E-state index in [1.54, 1.807) is 66.7 Å². The molecular formula is C29H27NO7. The van der Waals surface area contributed by atoms with Crippen LogP contribution in [0.4, 0.5) is 5.69 Å². The Morgan fingerprint density at radius 3 is 2.24 bits per heavy atom. The fourth-order valence-corrected chi connectivity index (χ4v) is 4.25. The third-order valence-corrected chi connectivity index (χ3v) is 5.90. The highest BCUT2D eigenvalue weighted by Crippen LogP contribution is 2.43. The Kier molecular flexibility index (Phi) is 7.29. The largest absolute Gasteiger partial charge is 0.507 e. The predicted molar refractivity (Wildman–Crippen MR) is 138 cm³/mol. The second-order valence-corrected chi connectivity index (χ2v) is 8.68. The molecule has 1 aliphatic heterocycles. The van der Waals surface area contributed by atoms with Gasteiger partial charge in [-0.25, -0.2) is 4.79 Å². The van der Waals surface area contributed by atoms with Crippen LogP contribution in [0.25, 0.3) is 5.76 Å². The summed E-state index contributed by atoms with van der Waals surface area (Å²) < 4.78 is 15.8. The van der Waals surface area contributed by atoms with Gasteiger partial charge < -0.3 is 19.3 Å². The lowest BCUT2D eigenvalue weighted by Crippen LogP contribution is -2.29. The van der Waals surface area contributed by atoms with Gasteiger partial charge in [0, 0.05) is 11.3 Å². The Hall–Kier alpha value is -4.59. The summed E-state index contributed by atoms with van der Waals surface area (Å²) in [4.78, 5) is 40.2. The molecule has 37 heavy (non-hydrogen) atoms. The number of carbonyl (C=O) groups excluding carboxylic acids is 3. The summed E-state index contributed by atoms with van der Waals surface area (Å²) in [5.74, 6) is -1.47. The van der Waals surface area contributed by atoms with Gasteiger partial charge >= 0.3 is 5.97 Å². The van der Waals surface area contributed by atoms with Crippen LogP contribution in [0.1, 0.15) is 41.4 Å². The molecule has 190 valence electrons. The summed E-state index contributed by atoms with van der Waals surface area (Å²) in [6.45, 7) is 3.80. The van der Waals surface area contributed by atoms with Crippen molar-refractivity contribution in [2.45, 2.75) is 26.0 Å². The third kappa shape index (κ3) is 5.04. The summed E-state index contributed by atoms with van der Waals surface area (Å²) >= 11 is 0. The number of aliphatic hydroxyl groups excluding tert-OH is 1. The van der Waals surface area contributed by atoms with Crippen molar-refractivity contribution in [2.24, 2.45) is 0 Å². The molecule has 3 aromatic rings. The summed E-state index contributed by atoms with van der Waals surface area (Å²) in [6.07, 6.45) is -0.0291. The number of ketones is 1. The smallest absolute Gasteiger partial charge is 0.337 e. The predicted octanol–water partition coefficient (Wildman–Crippen LogP) is 4.90. The van der Waals surface area contributed by atoms with Gasteiger partial charge in [0.2, 0.25) is 0 Å². The second-order valence-electron chi connectivity index (χ2n) is 8.68. The van der Waals surface area contributed by atoms with Gasteiger partial charge in [-0.05, 0) is 74.0 Å². The van der Waals surface area contributed by atoms with E-state index in [-0.39, 0.29) is 23.0 Å². The fraction of sp³-hybridized carbons (Fsp3) is 0.207. The van der Waals surface area contributed by atoms with Crippen LogP contribution < -0.4 is 14.4 Å². The number of anilines is 1. The van der Waals surface area contributed by atoms with E-state index in [9.17, 15) is 19.5 Å². The van der Waals surface area contributed by atoms with Crippen LogP contribution in [0.3, 0.4) is 0 Å². The molecule has 1 unspecified atom stereocenters. The summed E-state index contributed by atoms with van der Waals surface area (Å²) in [5, 5.41) is 11.3. The van der Waals surface area contributed by atoms with E-state index in [2.05, 4.69) is 0 Å². The maximum atomic E-state index is 13.4. The first kappa shape index (κ1) is 25.5. The van der Waals surface area contributed by atoms with E-state index in [0.29, 0.717) is 28.3 Å². The van der Waals surface area contributed by atoms with Gasteiger partial charge in [0.15, 0.2) is 0 Å². The Bertz CT molecular complexity index is 1380. The first-order chi connectivity index (χ1) is 17.7. The Balaban J connectivity index is 1.89. The standard InChI is InChI=1S/C29H27NO7/c1-17(2)37-22-13-11-18(12-14-22)26(31)24-25(19-7-6-10-23(16-19)35-3)30(28(33)27(24)32)21-9-5-8-20(15-21)29(34)36-4/h5-17,25,31H,1-4H3/b26-24+. The highest BCUT2D eigenvalue weighted by atomic mass is 16.5. The normalized spacial score (nSPS) is 16.7. The van der Waals surface area contributed by atoms with Crippen molar-refractivity contribution < 1.29 is 33.7 Å². The zero-order chi connectivity index (χ0) is 26.7. The molecule has 1 N–H and O–H groups in total. The van der Waals surface area contributed by atoms with Crippen LogP contribution in [-0.4, -0.2) is 43.1 Å². The molecule has 0 saturated carbocycles. The SMILES string of the molecule is COC(=O)c1cccc(N2C(=O)C(=O)/C(=C(/O)c3ccc(OC(C)C)cc3)C2c2cccc(OC)c2)c1. The van der Waals surface area contributed by atoms with Gasteiger partial charge in [-0.3, -0.25) is 14.5 Å². The van der Waals surface area contributed by atoms with Crippen molar-refractivity contribution in [3.63, 3.8) is 0 Å². The highest BCUT2D eigenvalue weighted by Gasteiger charge is 2.47. The molecule has 4 rings (SSSR count). The number of benzene rings is 3. The van der Waals surface area contributed by atoms with Crippen LogP contribution in [-0.2, 0) is 14.3 Å². The molecule has 1 atom stereocenters. The average Bonchev–Trinajstić information content (AvgIpc) is 3.18. The average molecular weight is 502 g/mol. The van der Waals surface area contributed by atoms with Crippen molar-refractivity contribution in [3.8, 4) is 11.5 Å². The number of aliphatic hydroxyl groups is 1. The van der Waals surface area contributed by atoms with Crippen LogP contribution in [0.15, 0.2) is 78.4 Å². The summed E-state index contributed by atoms with van der Waals surface area (Å²) in [6, 6.07) is 18.8. The van der Waals surface area contributed by atoms with Crippen LogP contribution in [0.5, 0.6) is 11.5 Å². The van der Waals surface area contributed by atoms with Crippen molar-refractivity contribution in [2.75, 3.05) is 19.1 Å². The number of ether oxygens (including phenoxy) is 3. The number of hydrogen-bond acceptors (Lipinski definition) is 7. The number of carbonyl (C=O) groups is 3. The molecule has 1 saturated heterocycles.